The van der Waals surface area contributed by atoms with Crippen LogP contribution in [0.2, 0.25) is 0 Å². The molecule has 1 fully saturated rings. The van der Waals surface area contributed by atoms with Crippen LogP contribution < -0.4 is 14.9 Å². The number of amides is 1. The highest BCUT2D eigenvalue weighted by molar-refractivity contribution is 7.97. The van der Waals surface area contributed by atoms with Crippen molar-refractivity contribution in [2.45, 2.75) is 56.5 Å². The summed E-state index contributed by atoms with van der Waals surface area (Å²) >= 11 is 1.23. The summed E-state index contributed by atoms with van der Waals surface area (Å²) in [5.41, 5.74) is 1.29. The highest BCUT2D eigenvalue weighted by atomic mass is 32.2. The molecule has 3 aliphatic rings. The fourth-order valence-electron chi connectivity index (χ4n) is 4.99. The number of hydrogen-bond donors (Lipinski definition) is 2. The van der Waals surface area contributed by atoms with Crippen molar-refractivity contribution in [3.8, 4) is 0 Å². The lowest BCUT2D eigenvalue weighted by atomic mass is 9.93. The number of hydrogen-bond acceptors (Lipinski definition) is 7. The molecule has 2 aromatic rings. The van der Waals surface area contributed by atoms with Crippen LogP contribution in [0.15, 0.2) is 41.4 Å². The summed E-state index contributed by atoms with van der Waals surface area (Å²) in [5.74, 6) is 2.78. The Labute approximate surface area is 199 Å². The molecule has 0 radical (unpaired) electrons. The van der Waals surface area contributed by atoms with Crippen molar-refractivity contribution in [3.63, 3.8) is 0 Å². The number of nitrogens with zero attached hydrogens (tertiary/aromatic N) is 3. The fourth-order valence-corrected chi connectivity index (χ4v) is 5.59. The lowest BCUT2D eigenvalue weighted by Crippen LogP contribution is -2.40. The molecule has 5 heterocycles. The quantitative estimate of drug-likeness (QED) is 0.581. The van der Waals surface area contributed by atoms with Gasteiger partial charge in [-0.3, -0.25) is 9.52 Å². The van der Waals surface area contributed by atoms with Gasteiger partial charge in [-0.15, -0.1) is 0 Å². The summed E-state index contributed by atoms with van der Waals surface area (Å²) in [6.45, 7) is 6.99. The van der Waals surface area contributed by atoms with Gasteiger partial charge in [0.05, 0.1) is 12.2 Å². The Morgan fingerprint density at radius 3 is 2.94 bits per heavy atom. The largest absolute Gasteiger partial charge is 0.492 e. The number of rotatable bonds is 1. The van der Waals surface area contributed by atoms with Gasteiger partial charge in [-0.25, -0.2) is 9.97 Å². The van der Waals surface area contributed by atoms with Gasteiger partial charge in [0, 0.05) is 30.6 Å². The third kappa shape index (κ3) is 4.81. The van der Waals surface area contributed by atoms with Gasteiger partial charge in [-0.05, 0) is 82.2 Å². The molecule has 2 aromatic heterocycles. The van der Waals surface area contributed by atoms with Crippen LogP contribution in [-0.4, -0.2) is 41.1 Å². The van der Waals surface area contributed by atoms with Crippen molar-refractivity contribution in [1.29, 1.82) is 0 Å². The lowest BCUT2D eigenvalue weighted by molar-refractivity contribution is 0.0984. The van der Waals surface area contributed by atoms with E-state index >= 15 is 0 Å². The van der Waals surface area contributed by atoms with Gasteiger partial charge in [-0.2, -0.15) is 0 Å². The second kappa shape index (κ2) is 9.25. The molecule has 8 heteroatoms. The first-order valence-corrected chi connectivity index (χ1v) is 12.6. The van der Waals surface area contributed by atoms with Crippen LogP contribution in [0.4, 0.5) is 11.6 Å². The van der Waals surface area contributed by atoms with Gasteiger partial charge >= 0.3 is 0 Å². The van der Waals surface area contributed by atoms with Crippen LogP contribution in [-0.2, 0) is 4.74 Å². The Bertz CT molecular complexity index is 1070. The number of carbonyl (C=O) groups excluding carboxylic acids is 1. The molecule has 1 unspecified atom stereocenters. The third-order valence-electron chi connectivity index (χ3n) is 6.59. The molecule has 3 aliphatic heterocycles. The Kier molecular flexibility index (Phi) is 6.19. The SMILES string of the molecule is CC1(C)CC2CCCNc3cccc(n3)SNC(=O)c3ccc(C4=CCCCO4)nc3N1C2. The van der Waals surface area contributed by atoms with E-state index in [1.54, 1.807) is 0 Å². The zero-order valence-corrected chi connectivity index (χ0v) is 20.1. The standard InChI is InChI=1S/C25H31N5O2S/c1-25(2)15-17-7-6-13-26-21-9-5-10-22(28-21)33-29-24(31)18-11-12-19(20-8-3-4-14-32-20)27-23(18)30(25)16-17/h5,8-12,17H,3-4,6-7,13-16H2,1-2H3,(H,26,28)(H,29,31). The molecule has 33 heavy (non-hydrogen) atoms. The number of pyridine rings is 2. The first-order chi connectivity index (χ1) is 16.0. The van der Waals surface area contributed by atoms with E-state index in [-0.39, 0.29) is 11.4 Å². The Balaban J connectivity index is 1.53. The Morgan fingerprint density at radius 1 is 1.18 bits per heavy atom. The number of ether oxygens (including phenoxy) is 1. The third-order valence-corrected chi connectivity index (χ3v) is 7.31. The van der Waals surface area contributed by atoms with Crippen molar-refractivity contribution in [3.05, 3.63) is 47.7 Å². The van der Waals surface area contributed by atoms with E-state index in [1.165, 1.54) is 11.9 Å². The molecule has 1 amide bonds. The lowest BCUT2D eigenvalue weighted by Gasteiger charge is -2.34. The normalized spacial score (nSPS) is 22.6. The van der Waals surface area contributed by atoms with Gasteiger partial charge in [-0.1, -0.05) is 6.07 Å². The zero-order valence-electron chi connectivity index (χ0n) is 19.3. The number of aromatic nitrogens is 2. The molecule has 0 aromatic carbocycles. The molecule has 2 N–H and O–H groups in total. The van der Waals surface area contributed by atoms with Gasteiger partial charge in [0.15, 0.2) is 0 Å². The van der Waals surface area contributed by atoms with E-state index in [9.17, 15) is 4.79 Å². The maximum Gasteiger partial charge on any atom is 0.265 e. The second-order valence-electron chi connectivity index (χ2n) is 9.58. The highest BCUT2D eigenvalue weighted by Crippen LogP contribution is 2.40. The van der Waals surface area contributed by atoms with Crippen LogP contribution in [0, 0.1) is 5.92 Å². The van der Waals surface area contributed by atoms with Gasteiger partial charge in [0.2, 0.25) is 0 Å². The van der Waals surface area contributed by atoms with Crippen LogP contribution in [0.1, 0.15) is 62.0 Å². The summed E-state index contributed by atoms with van der Waals surface area (Å²) in [7, 11) is 0. The van der Waals surface area contributed by atoms with Crippen molar-refractivity contribution in [2.24, 2.45) is 5.92 Å². The molecular formula is C25H31N5O2S. The van der Waals surface area contributed by atoms with E-state index in [0.29, 0.717) is 18.1 Å². The summed E-state index contributed by atoms with van der Waals surface area (Å²) < 4.78 is 8.86. The van der Waals surface area contributed by atoms with Gasteiger partial charge in [0.25, 0.3) is 5.91 Å². The molecule has 4 bridgehead atoms. The van der Waals surface area contributed by atoms with Crippen molar-refractivity contribution >= 4 is 35.2 Å². The first-order valence-electron chi connectivity index (χ1n) is 11.8. The van der Waals surface area contributed by atoms with Gasteiger partial charge in [0.1, 0.15) is 28.1 Å². The smallest absolute Gasteiger partial charge is 0.265 e. The van der Waals surface area contributed by atoms with Crippen molar-refractivity contribution < 1.29 is 9.53 Å². The minimum absolute atomic E-state index is 0.0867. The minimum atomic E-state index is -0.165. The van der Waals surface area contributed by atoms with Crippen molar-refractivity contribution in [1.82, 2.24) is 14.7 Å². The van der Waals surface area contributed by atoms with Gasteiger partial charge < -0.3 is 15.0 Å². The fraction of sp³-hybridized carbons (Fsp3) is 0.480. The summed E-state index contributed by atoms with van der Waals surface area (Å²) in [6, 6.07) is 9.61. The van der Waals surface area contributed by atoms with E-state index in [1.807, 2.05) is 30.3 Å². The Morgan fingerprint density at radius 2 is 2.09 bits per heavy atom. The molecule has 0 aliphatic carbocycles. The molecule has 7 nitrogen and oxygen atoms in total. The van der Waals surface area contributed by atoms with Crippen LogP contribution in [0.5, 0.6) is 0 Å². The molecular weight excluding hydrogens is 434 g/mol. The van der Waals surface area contributed by atoms with Crippen molar-refractivity contribution in [2.75, 3.05) is 29.9 Å². The number of anilines is 2. The zero-order chi connectivity index (χ0) is 22.8. The summed E-state index contributed by atoms with van der Waals surface area (Å²) in [6.07, 6.45) is 7.39. The predicted molar refractivity (Wildman–Crippen MR) is 132 cm³/mol. The molecule has 1 atom stereocenters. The molecule has 1 saturated heterocycles. The maximum atomic E-state index is 13.3. The van der Waals surface area contributed by atoms with Crippen LogP contribution >= 0.6 is 11.9 Å². The summed E-state index contributed by atoms with van der Waals surface area (Å²) in [4.78, 5) is 25.3. The van der Waals surface area contributed by atoms with E-state index in [4.69, 9.17) is 9.72 Å². The van der Waals surface area contributed by atoms with E-state index in [0.717, 1.165) is 73.3 Å². The monoisotopic (exact) mass is 465 g/mol. The number of nitrogens with one attached hydrogen (secondary N) is 2. The molecule has 5 rings (SSSR count). The molecule has 174 valence electrons. The topological polar surface area (TPSA) is 79.4 Å². The highest BCUT2D eigenvalue weighted by Gasteiger charge is 2.40. The van der Waals surface area contributed by atoms with E-state index in [2.05, 4.69) is 39.8 Å². The Hall–Kier alpha value is -2.74. The average Bonchev–Trinajstić information content (AvgIpc) is 3.14. The number of carbonyl (C=O) groups is 1. The predicted octanol–water partition coefficient (Wildman–Crippen LogP) is 4.88. The first kappa shape index (κ1) is 22.1. The van der Waals surface area contributed by atoms with Crippen LogP contribution in [0.3, 0.4) is 0 Å². The number of allylic oxidation sites excluding steroid dienone is 1. The average molecular weight is 466 g/mol. The minimum Gasteiger partial charge on any atom is -0.492 e. The molecule has 0 spiro atoms. The molecule has 0 saturated carbocycles. The summed E-state index contributed by atoms with van der Waals surface area (Å²) in [5, 5.41) is 4.17. The second-order valence-corrected chi connectivity index (χ2v) is 10.4. The maximum absolute atomic E-state index is 13.3. The van der Waals surface area contributed by atoms with E-state index < -0.39 is 0 Å². The number of fused-ring (bicyclic) bond motifs is 6. The van der Waals surface area contributed by atoms with Crippen LogP contribution in [0.25, 0.3) is 5.76 Å².